The van der Waals surface area contributed by atoms with Gasteiger partial charge in [-0.25, -0.2) is 0 Å². The monoisotopic (exact) mass is 377 g/mol. The molecule has 28 heavy (non-hydrogen) atoms. The van der Waals surface area contributed by atoms with Crippen molar-refractivity contribution in [2.24, 2.45) is 0 Å². The number of tetrazole rings is 1. The Bertz CT molecular complexity index is 1010. The molecule has 144 valence electrons. The fourth-order valence-electron chi connectivity index (χ4n) is 2.87. The summed E-state index contributed by atoms with van der Waals surface area (Å²) in [6.07, 6.45) is 1.77. The predicted octanol–water partition coefficient (Wildman–Crippen LogP) is 2.96. The van der Waals surface area contributed by atoms with E-state index < -0.39 is 0 Å². The highest BCUT2D eigenvalue weighted by molar-refractivity contribution is 6.18. The van der Waals surface area contributed by atoms with Gasteiger partial charge in [0.2, 0.25) is 0 Å². The average Bonchev–Trinajstić information content (AvgIpc) is 3.13. The smallest absolute Gasteiger partial charge is 0.272 e. The van der Waals surface area contributed by atoms with E-state index >= 15 is 0 Å². The van der Waals surface area contributed by atoms with Gasteiger partial charge in [0, 0.05) is 13.6 Å². The number of aryl methyl sites for hydroxylation is 2. The topological polar surface area (TPSA) is 73.1 Å². The zero-order valence-electron chi connectivity index (χ0n) is 16.5. The molecule has 1 heterocycles. The number of aromatic nitrogens is 4. The molecule has 0 aliphatic carbocycles. The Labute approximate surface area is 164 Å². The highest BCUT2D eigenvalue weighted by Crippen LogP contribution is 2.20. The van der Waals surface area contributed by atoms with Crippen molar-refractivity contribution >= 4 is 17.7 Å². The summed E-state index contributed by atoms with van der Waals surface area (Å²) in [5, 5.41) is 11.6. The summed E-state index contributed by atoms with van der Waals surface area (Å²) in [5.74, 6) is 1.07. The third kappa shape index (κ3) is 4.25. The van der Waals surface area contributed by atoms with Gasteiger partial charge in [-0.1, -0.05) is 36.4 Å². The van der Waals surface area contributed by atoms with Crippen LogP contribution in [0.2, 0.25) is 0 Å². The van der Waals surface area contributed by atoms with Crippen molar-refractivity contribution in [3.05, 3.63) is 71.0 Å². The maximum atomic E-state index is 13.3. The van der Waals surface area contributed by atoms with E-state index in [-0.39, 0.29) is 5.91 Å². The second-order valence-electron chi connectivity index (χ2n) is 6.53. The molecule has 0 aliphatic rings. The average molecular weight is 377 g/mol. The van der Waals surface area contributed by atoms with E-state index in [4.69, 9.17) is 4.74 Å². The number of hydrogen-bond acceptors (Lipinski definition) is 5. The minimum absolute atomic E-state index is 0.179. The number of methoxy groups -OCH3 is 1. The van der Waals surface area contributed by atoms with Gasteiger partial charge in [0.1, 0.15) is 11.4 Å². The zero-order valence-corrected chi connectivity index (χ0v) is 16.5. The Kier molecular flexibility index (Phi) is 5.84. The van der Waals surface area contributed by atoms with Crippen molar-refractivity contribution < 1.29 is 9.53 Å². The minimum Gasteiger partial charge on any atom is -0.497 e. The molecular weight excluding hydrogens is 354 g/mol. The molecule has 1 amide bonds. The summed E-state index contributed by atoms with van der Waals surface area (Å²) in [6.45, 7) is 4.28. The fraction of sp³-hybridized carbons (Fsp3) is 0.238. The van der Waals surface area contributed by atoms with Crippen molar-refractivity contribution in [3.63, 3.8) is 0 Å². The molecule has 0 N–H and O–H groups in total. The number of hydrogen-bond donors (Lipinski definition) is 0. The first-order chi connectivity index (χ1) is 13.5. The van der Waals surface area contributed by atoms with Gasteiger partial charge in [0.15, 0.2) is 5.82 Å². The van der Waals surface area contributed by atoms with Crippen LogP contribution < -0.4 is 4.74 Å². The first-order valence-electron chi connectivity index (χ1n) is 8.90. The van der Waals surface area contributed by atoms with Crippen LogP contribution in [-0.2, 0) is 11.3 Å². The van der Waals surface area contributed by atoms with Crippen LogP contribution in [0.4, 0.5) is 0 Å². The number of carbonyl (C=O) groups is 1. The molecule has 3 rings (SSSR count). The highest BCUT2D eigenvalue weighted by Gasteiger charge is 2.20. The third-order valence-electron chi connectivity index (χ3n) is 4.49. The molecule has 0 spiro atoms. The van der Waals surface area contributed by atoms with Crippen LogP contribution in [0.15, 0.2) is 48.5 Å². The molecule has 3 aromatic rings. The van der Waals surface area contributed by atoms with Crippen molar-refractivity contribution in [1.29, 1.82) is 0 Å². The fourth-order valence-corrected chi connectivity index (χ4v) is 2.87. The molecule has 0 saturated carbocycles. The summed E-state index contributed by atoms with van der Waals surface area (Å²) in [4.78, 5) is 14.9. The van der Waals surface area contributed by atoms with E-state index in [1.807, 2.05) is 55.5 Å². The van der Waals surface area contributed by atoms with Crippen molar-refractivity contribution in [2.75, 3.05) is 14.2 Å². The lowest BCUT2D eigenvalue weighted by molar-refractivity contribution is -0.124. The Morgan fingerprint density at radius 1 is 1.18 bits per heavy atom. The second-order valence-corrected chi connectivity index (χ2v) is 6.53. The molecule has 0 bridgehead atoms. The lowest BCUT2D eigenvalue weighted by Crippen LogP contribution is -2.30. The third-order valence-corrected chi connectivity index (χ3v) is 4.49. The van der Waals surface area contributed by atoms with E-state index in [1.165, 1.54) is 4.68 Å². The lowest BCUT2D eigenvalue weighted by atomic mass is 10.1. The lowest BCUT2D eigenvalue weighted by Gasteiger charge is -2.20. The van der Waals surface area contributed by atoms with Crippen molar-refractivity contribution in [2.45, 2.75) is 20.4 Å². The number of likely N-dealkylation sites (N-methyl/N-ethyl adjacent to an activating group) is 1. The van der Waals surface area contributed by atoms with E-state index in [0.717, 1.165) is 16.7 Å². The van der Waals surface area contributed by atoms with E-state index in [0.29, 0.717) is 23.8 Å². The molecule has 2 aromatic carbocycles. The number of carbonyl (C=O) groups excluding carboxylic acids is 1. The van der Waals surface area contributed by atoms with Gasteiger partial charge in [-0.2, -0.15) is 4.68 Å². The first-order valence-corrected chi connectivity index (χ1v) is 8.90. The summed E-state index contributed by atoms with van der Waals surface area (Å²) >= 11 is 0. The largest absolute Gasteiger partial charge is 0.497 e. The quantitative estimate of drug-likeness (QED) is 0.618. The summed E-state index contributed by atoms with van der Waals surface area (Å²) < 4.78 is 6.73. The molecular formula is C21H23N5O2. The Morgan fingerprint density at radius 2 is 1.96 bits per heavy atom. The Morgan fingerprint density at radius 3 is 2.64 bits per heavy atom. The SMILES string of the molecule is COc1cccc(C=C(C(=O)N(C)Cc2ccccc2C)n2nnnc2C)c1. The Hall–Kier alpha value is -3.48. The molecule has 0 radical (unpaired) electrons. The molecule has 7 nitrogen and oxygen atoms in total. The highest BCUT2D eigenvalue weighted by atomic mass is 16.5. The number of nitrogens with zero attached hydrogens (tertiary/aromatic N) is 5. The summed E-state index contributed by atoms with van der Waals surface area (Å²) in [6, 6.07) is 15.5. The standard InChI is InChI=1S/C21H23N5O2/c1-15-8-5-6-10-18(15)14-25(3)21(27)20(26-16(2)22-23-24-26)13-17-9-7-11-19(12-17)28-4/h5-13H,14H2,1-4H3. The molecule has 0 unspecified atom stereocenters. The molecule has 0 fully saturated rings. The normalized spacial score (nSPS) is 11.4. The number of ether oxygens (including phenoxy) is 1. The first kappa shape index (κ1) is 19.3. The predicted molar refractivity (Wildman–Crippen MR) is 107 cm³/mol. The van der Waals surface area contributed by atoms with Crippen LogP contribution >= 0.6 is 0 Å². The van der Waals surface area contributed by atoms with Crippen LogP contribution in [0.25, 0.3) is 11.8 Å². The zero-order chi connectivity index (χ0) is 20.1. The van der Waals surface area contributed by atoms with Crippen molar-refractivity contribution in [3.8, 4) is 5.75 Å². The van der Waals surface area contributed by atoms with Gasteiger partial charge in [-0.3, -0.25) is 4.79 Å². The van der Waals surface area contributed by atoms with E-state index in [1.54, 1.807) is 32.1 Å². The van der Waals surface area contributed by atoms with Crippen LogP contribution in [0, 0.1) is 13.8 Å². The number of amides is 1. The van der Waals surface area contributed by atoms with Gasteiger partial charge in [-0.15, -0.1) is 5.10 Å². The molecule has 0 saturated heterocycles. The van der Waals surface area contributed by atoms with Crippen LogP contribution in [0.3, 0.4) is 0 Å². The van der Waals surface area contributed by atoms with E-state index in [2.05, 4.69) is 15.5 Å². The maximum Gasteiger partial charge on any atom is 0.272 e. The second kappa shape index (κ2) is 8.47. The number of rotatable bonds is 6. The molecule has 1 aromatic heterocycles. The molecule has 0 atom stereocenters. The van der Waals surface area contributed by atoms with Crippen molar-refractivity contribution in [1.82, 2.24) is 25.1 Å². The molecule has 0 aliphatic heterocycles. The molecule has 7 heteroatoms. The van der Waals surface area contributed by atoms with E-state index in [9.17, 15) is 4.79 Å². The van der Waals surface area contributed by atoms with Gasteiger partial charge >= 0.3 is 0 Å². The van der Waals surface area contributed by atoms with Crippen LogP contribution in [0.5, 0.6) is 5.75 Å². The van der Waals surface area contributed by atoms with Gasteiger partial charge in [-0.05, 0) is 59.2 Å². The summed E-state index contributed by atoms with van der Waals surface area (Å²) in [7, 11) is 3.38. The van der Waals surface area contributed by atoms with Gasteiger partial charge in [0.25, 0.3) is 5.91 Å². The number of benzene rings is 2. The maximum absolute atomic E-state index is 13.3. The van der Waals surface area contributed by atoms with Gasteiger partial charge in [0.05, 0.1) is 7.11 Å². The minimum atomic E-state index is -0.179. The Balaban J connectivity index is 1.97. The van der Waals surface area contributed by atoms with Crippen LogP contribution in [0.1, 0.15) is 22.5 Å². The summed E-state index contributed by atoms with van der Waals surface area (Å²) in [5.41, 5.74) is 3.42. The van der Waals surface area contributed by atoms with Crippen LogP contribution in [-0.4, -0.2) is 45.2 Å². The van der Waals surface area contributed by atoms with Gasteiger partial charge < -0.3 is 9.64 Å².